The number of rotatable bonds is 10. The molecular formula is C25H37N2O5P. The molecule has 1 amide bonds. The smallest absolute Gasteiger partial charge is 0.356 e. The topological polar surface area (TPSA) is 97.8 Å². The summed E-state index contributed by atoms with van der Waals surface area (Å²) in [6.45, 7) is 6.51. The van der Waals surface area contributed by atoms with Crippen LogP contribution in [-0.4, -0.2) is 36.0 Å². The number of unbranched alkanes of at least 4 members (excludes halogenated alkanes) is 1. The van der Waals surface area contributed by atoms with Gasteiger partial charge >= 0.3 is 7.82 Å². The van der Waals surface area contributed by atoms with Crippen LogP contribution in [-0.2, 0) is 24.8 Å². The van der Waals surface area contributed by atoms with Crippen LogP contribution in [0.5, 0.6) is 0 Å². The Morgan fingerprint density at radius 2 is 1.88 bits per heavy atom. The Kier molecular flexibility index (Phi) is 10.9. The third-order valence-corrected chi connectivity index (χ3v) is 6.17. The molecular weight excluding hydrogens is 439 g/mol. The number of fused-ring (bicyclic) bond motifs is 1. The summed E-state index contributed by atoms with van der Waals surface area (Å²) in [6.07, 6.45) is 7.73. The minimum Gasteiger partial charge on any atom is -0.356 e. The molecule has 2 aromatic rings. The third-order valence-electron chi connectivity index (χ3n) is 5.20. The Hall–Kier alpha value is -2.31. The van der Waals surface area contributed by atoms with Gasteiger partial charge < -0.3 is 10.2 Å². The van der Waals surface area contributed by atoms with Gasteiger partial charge in [0.25, 0.3) is 0 Å². The van der Waals surface area contributed by atoms with Crippen molar-refractivity contribution in [1.29, 1.82) is 0 Å². The van der Waals surface area contributed by atoms with Crippen molar-refractivity contribution in [2.75, 3.05) is 20.3 Å². The van der Waals surface area contributed by atoms with Crippen molar-refractivity contribution in [1.82, 2.24) is 10.3 Å². The van der Waals surface area contributed by atoms with Crippen molar-refractivity contribution in [2.24, 2.45) is 0 Å². The van der Waals surface area contributed by atoms with Crippen LogP contribution in [0.1, 0.15) is 52.2 Å². The predicted octanol–water partition coefficient (Wildman–Crippen LogP) is 3.89. The molecule has 1 aliphatic carbocycles. The zero-order valence-electron chi connectivity index (χ0n) is 20.0. The maximum Gasteiger partial charge on any atom is 0.471 e. The van der Waals surface area contributed by atoms with E-state index < -0.39 is 7.82 Å². The van der Waals surface area contributed by atoms with Gasteiger partial charge in [-0.05, 0) is 49.3 Å². The van der Waals surface area contributed by atoms with Gasteiger partial charge in [0.15, 0.2) is 0 Å². The zero-order chi connectivity index (χ0) is 24.3. The molecule has 1 atom stereocenters. The Bertz CT molecular complexity index is 1090. The van der Waals surface area contributed by atoms with E-state index in [1.807, 2.05) is 39.0 Å². The van der Waals surface area contributed by atoms with Crippen LogP contribution in [0.4, 0.5) is 0 Å². The molecule has 182 valence electrons. The summed E-state index contributed by atoms with van der Waals surface area (Å²) >= 11 is 0. The highest BCUT2D eigenvalue weighted by Gasteiger charge is 2.18. The highest BCUT2D eigenvalue weighted by Crippen LogP contribution is 2.41. The van der Waals surface area contributed by atoms with Crippen LogP contribution in [0, 0.1) is 6.92 Å². The van der Waals surface area contributed by atoms with Gasteiger partial charge in [0.2, 0.25) is 5.91 Å². The number of hydrogen-bond acceptors (Lipinski definition) is 5. The molecule has 0 spiro atoms. The van der Waals surface area contributed by atoms with Crippen molar-refractivity contribution in [3.05, 3.63) is 52.2 Å². The van der Waals surface area contributed by atoms with Crippen molar-refractivity contribution < 1.29 is 24.7 Å². The highest BCUT2D eigenvalue weighted by molar-refractivity contribution is 7.47. The van der Waals surface area contributed by atoms with E-state index in [1.165, 1.54) is 0 Å². The molecule has 0 radical (unpaired) electrons. The Morgan fingerprint density at radius 3 is 2.58 bits per heavy atom. The molecule has 1 heterocycles. The number of phosphoric ester groups is 1. The standard InChI is InChI=1S/C23H29N2O5P.C2H6.H2/c1-17-20(16-22(26)24-14-8-9-15-30-31(27,28)29-2)23(18-10-4-3-5-11-18)19-12-6-7-13-21(19)25-17;1-2;/h3-5,10-13H,6-9,14-16H2,1-2H3,(H,24,26)(H,27,28);1-2H3;1H. The van der Waals surface area contributed by atoms with Crippen LogP contribution < -0.4 is 15.9 Å². The van der Waals surface area contributed by atoms with Gasteiger partial charge in [-0.1, -0.05) is 56.3 Å². The van der Waals surface area contributed by atoms with Crippen molar-refractivity contribution in [2.45, 2.75) is 52.9 Å². The van der Waals surface area contributed by atoms with Gasteiger partial charge in [0.1, 0.15) is 0 Å². The van der Waals surface area contributed by atoms with E-state index in [1.54, 1.807) is 0 Å². The Morgan fingerprint density at radius 1 is 1.18 bits per heavy atom. The van der Waals surface area contributed by atoms with E-state index >= 15 is 0 Å². The lowest BCUT2D eigenvalue weighted by Gasteiger charge is -2.16. The number of phosphoric acid groups is 1. The average molecular weight is 477 g/mol. The molecule has 1 aliphatic rings. The second-order valence-electron chi connectivity index (χ2n) is 7.42. The maximum absolute atomic E-state index is 12.7. The highest BCUT2D eigenvalue weighted by atomic mass is 31.2. The molecule has 0 aliphatic heterocycles. The van der Waals surface area contributed by atoms with Gasteiger partial charge in [-0.15, -0.1) is 0 Å². The van der Waals surface area contributed by atoms with E-state index in [9.17, 15) is 14.3 Å². The monoisotopic (exact) mass is 476 g/mol. The quantitative estimate of drug-likeness (QED) is 0.399. The molecule has 0 fully saturated rings. The summed E-state index contributed by atoms with van der Waals surface area (Å²) in [5, 5.41) is 5.02. The van der Waals surface area contributed by atoms with Gasteiger partial charge in [0, 0.05) is 26.0 Å². The van der Waals surface area contributed by atoms with Crippen molar-refractivity contribution >= 4 is 25.9 Å². The van der Waals surface area contributed by atoms with E-state index in [0.717, 1.165) is 52.9 Å². The number of aryl methyl sites for hydroxylation is 1. The molecule has 7 nitrogen and oxygen atoms in total. The van der Waals surface area contributed by atoms with Gasteiger partial charge in [-0.3, -0.25) is 18.8 Å². The van der Waals surface area contributed by atoms with E-state index in [2.05, 4.69) is 34.1 Å². The molecule has 0 bridgehead atoms. The second kappa shape index (κ2) is 13.4. The molecule has 33 heavy (non-hydrogen) atoms. The first-order valence-electron chi connectivity index (χ1n) is 11.5. The maximum atomic E-state index is 12.7. The number of benzene rings is 1. The van der Waals surface area contributed by atoms with E-state index in [0.29, 0.717) is 19.4 Å². The summed E-state index contributed by atoms with van der Waals surface area (Å²) in [5.74, 6) is -0.0764. The minimum absolute atomic E-state index is 0. The normalized spacial score (nSPS) is 14.0. The number of aromatic nitrogens is 1. The predicted molar refractivity (Wildman–Crippen MR) is 134 cm³/mol. The summed E-state index contributed by atoms with van der Waals surface area (Å²) in [7, 11) is -2.81. The summed E-state index contributed by atoms with van der Waals surface area (Å²) in [5.41, 5.74) is 3.98. The number of amides is 1. The lowest BCUT2D eigenvalue weighted by molar-refractivity contribution is -0.120. The third kappa shape index (κ3) is 7.90. The molecule has 2 N–H and O–H groups in total. The van der Waals surface area contributed by atoms with Gasteiger partial charge in [0.05, 0.1) is 18.4 Å². The molecule has 1 aromatic heterocycles. The second-order valence-corrected chi connectivity index (χ2v) is 8.98. The van der Waals surface area contributed by atoms with E-state index in [4.69, 9.17) is 9.51 Å². The van der Waals surface area contributed by atoms with Crippen molar-refractivity contribution in [3.8, 4) is 11.1 Å². The molecule has 1 unspecified atom stereocenters. The van der Waals surface area contributed by atoms with Crippen LogP contribution in [0.3, 0.4) is 0 Å². The summed E-state index contributed by atoms with van der Waals surface area (Å²) in [4.78, 5) is 26.6. The van der Waals surface area contributed by atoms with Crippen LogP contribution >= 0.6 is 7.82 Å². The zero-order valence-corrected chi connectivity index (χ0v) is 20.9. The number of pyridine rings is 1. The summed E-state index contributed by atoms with van der Waals surface area (Å²) < 4.78 is 20.4. The SMILES string of the molecule is CC.COP(=O)(O)OCCCCNC(=O)Cc1c(C)nc2c(c1-c1ccccc1)=CCCC=2.[HH]. The molecule has 3 rings (SSSR count). The molecule has 1 aromatic carbocycles. The number of nitrogens with zero attached hydrogens (tertiary/aromatic N) is 1. The van der Waals surface area contributed by atoms with Crippen molar-refractivity contribution in [3.63, 3.8) is 0 Å². The fraction of sp³-hybridized carbons (Fsp3) is 0.440. The number of hydrogen-bond donors (Lipinski definition) is 2. The number of carbonyl (C=O) groups excluding carboxylic acids is 1. The van der Waals surface area contributed by atoms with Crippen LogP contribution in [0.15, 0.2) is 30.3 Å². The first kappa shape index (κ1) is 26.9. The first-order valence-corrected chi connectivity index (χ1v) is 13.0. The lowest BCUT2D eigenvalue weighted by Crippen LogP contribution is -2.35. The molecule has 0 saturated carbocycles. The first-order chi connectivity index (χ1) is 15.9. The van der Waals surface area contributed by atoms with Crippen LogP contribution in [0.25, 0.3) is 23.3 Å². The fourth-order valence-corrected chi connectivity index (χ4v) is 4.12. The average Bonchev–Trinajstić information content (AvgIpc) is 2.83. The van der Waals surface area contributed by atoms with Gasteiger partial charge in [-0.2, -0.15) is 0 Å². The van der Waals surface area contributed by atoms with Crippen LogP contribution in [0.2, 0.25) is 0 Å². The Labute approximate surface area is 197 Å². The Balaban J connectivity index is 0.00000188. The fourth-order valence-electron chi connectivity index (χ4n) is 3.65. The summed E-state index contributed by atoms with van der Waals surface area (Å²) in [6, 6.07) is 10.1. The van der Waals surface area contributed by atoms with Gasteiger partial charge in [-0.25, -0.2) is 4.57 Å². The van der Waals surface area contributed by atoms with E-state index in [-0.39, 0.29) is 20.4 Å². The number of nitrogens with one attached hydrogen (secondary N) is 1. The largest absolute Gasteiger partial charge is 0.471 e. The minimum atomic E-state index is -3.94. The lowest BCUT2D eigenvalue weighted by atomic mass is 9.92. The molecule has 0 saturated heterocycles. The molecule has 8 heteroatoms. The number of carbonyl (C=O) groups is 1.